The molecular weight excluding hydrogens is 290 g/mol. The summed E-state index contributed by atoms with van der Waals surface area (Å²) in [4.78, 5) is 23.6. The van der Waals surface area contributed by atoms with Gasteiger partial charge in [0.1, 0.15) is 0 Å². The highest BCUT2D eigenvalue weighted by molar-refractivity contribution is 5.92. The zero-order chi connectivity index (χ0) is 16.7. The van der Waals surface area contributed by atoms with Gasteiger partial charge in [-0.2, -0.15) is 0 Å². The van der Waals surface area contributed by atoms with E-state index in [1.807, 2.05) is 62.4 Å². The molecule has 0 aromatic heterocycles. The topological polar surface area (TPSA) is 55.4 Å². The normalized spacial score (nSPS) is 10.2. The van der Waals surface area contributed by atoms with Crippen LogP contribution in [0.2, 0.25) is 0 Å². The van der Waals surface area contributed by atoms with Crippen LogP contribution in [-0.4, -0.2) is 18.5 Å². The Kier molecular flexibility index (Phi) is 5.92. The van der Waals surface area contributed by atoms with Crippen molar-refractivity contribution in [3.63, 3.8) is 0 Å². The Morgan fingerprint density at radius 3 is 2.48 bits per heavy atom. The fourth-order valence-corrected chi connectivity index (χ4v) is 2.14. The first-order chi connectivity index (χ1) is 11.1. The van der Waals surface area contributed by atoms with E-state index in [0.717, 1.165) is 23.1 Å². The number of benzene rings is 2. The van der Waals surface area contributed by atoms with Gasteiger partial charge in [0.25, 0.3) is 5.91 Å². The van der Waals surface area contributed by atoms with Crippen LogP contribution in [0.3, 0.4) is 0 Å². The predicted molar refractivity (Wildman–Crippen MR) is 90.3 cm³/mol. The lowest BCUT2D eigenvalue weighted by Crippen LogP contribution is -2.21. The highest BCUT2D eigenvalue weighted by Crippen LogP contribution is 2.11. The van der Waals surface area contributed by atoms with Crippen molar-refractivity contribution in [3.8, 4) is 0 Å². The van der Waals surface area contributed by atoms with Crippen molar-refractivity contribution in [2.45, 2.75) is 26.7 Å². The Hall–Kier alpha value is -2.62. The van der Waals surface area contributed by atoms with Crippen molar-refractivity contribution < 1.29 is 14.3 Å². The predicted octanol–water partition coefficient (Wildman–Crippen LogP) is 3.28. The van der Waals surface area contributed by atoms with Crippen LogP contribution >= 0.6 is 0 Å². The molecule has 120 valence electrons. The van der Waals surface area contributed by atoms with E-state index in [4.69, 9.17) is 4.74 Å². The van der Waals surface area contributed by atoms with Gasteiger partial charge >= 0.3 is 5.97 Å². The summed E-state index contributed by atoms with van der Waals surface area (Å²) in [7, 11) is 0. The van der Waals surface area contributed by atoms with Crippen molar-refractivity contribution in [2.24, 2.45) is 0 Å². The Balaban J connectivity index is 1.79. The van der Waals surface area contributed by atoms with Crippen LogP contribution in [-0.2, 0) is 27.2 Å². The Bertz CT molecular complexity index is 677. The fraction of sp³-hybridized carbons (Fsp3) is 0.263. The number of rotatable bonds is 6. The number of nitrogens with one attached hydrogen (secondary N) is 1. The molecule has 23 heavy (non-hydrogen) atoms. The van der Waals surface area contributed by atoms with Crippen molar-refractivity contribution in [1.82, 2.24) is 0 Å². The van der Waals surface area contributed by atoms with Gasteiger partial charge in [-0.3, -0.25) is 9.59 Å². The number of amides is 1. The third kappa shape index (κ3) is 5.58. The van der Waals surface area contributed by atoms with Gasteiger partial charge in [-0.15, -0.1) is 0 Å². The Morgan fingerprint density at radius 1 is 1.04 bits per heavy atom. The molecule has 2 aromatic rings. The van der Waals surface area contributed by atoms with E-state index in [1.165, 1.54) is 0 Å². The highest BCUT2D eigenvalue weighted by atomic mass is 16.5. The standard InChI is InChI=1S/C19H21NO3/c1-3-15-5-4-6-17(11-15)20-18(21)13-23-19(22)12-16-9-7-14(2)8-10-16/h4-11H,3,12-13H2,1-2H3,(H,20,21). The van der Waals surface area contributed by atoms with E-state index in [9.17, 15) is 9.59 Å². The van der Waals surface area contributed by atoms with Gasteiger partial charge in [0.2, 0.25) is 0 Å². The molecule has 0 fully saturated rings. The molecular formula is C19H21NO3. The molecule has 0 saturated heterocycles. The molecule has 0 unspecified atom stereocenters. The minimum Gasteiger partial charge on any atom is -0.455 e. The van der Waals surface area contributed by atoms with Gasteiger partial charge in [-0.1, -0.05) is 48.9 Å². The molecule has 0 saturated carbocycles. The van der Waals surface area contributed by atoms with Crippen LogP contribution in [0.15, 0.2) is 48.5 Å². The lowest BCUT2D eigenvalue weighted by Gasteiger charge is -2.08. The molecule has 2 aromatic carbocycles. The van der Waals surface area contributed by atoms with E-state index < -0.39 is 5.97 Å². The molecule has 0 aliphatic carbocycles. The second kappa shape index (κ2) is 8.13. The molecule has 0 aliphatic rings. The number of carbonyl (C=O) groups excluding carboxylic acids is 2. The molecule has 4 nitrogen and oxygen atoms in total. The summed E-state index contributed by atoms with van der Waals surface area (Å²) in [6.07, 6.45) is 1.06. The molecule has 0 heterocycles. The lowest BCUT2D eigenvalue weighted by atomic mass is 10.1. The molecule has 2 rings (SSSR count). The quantitative estimate of drug-likeness (QED) is 0.833. The minimum atomic E-state index is -0.411. The highest BCUT2D eigenvalue weighted by Gasteiger charge is 2.09. The summed E-state index contributed by atoms with van der Waals surface area (Å²) in [5, 5.41) is 2.73. The van der Waals surface area contributed by atoms with Crippen LogP contribution in [0.25, 0.3) is 0 Å². The van der Waals surface area contributed by atoms with Gasteiger partial charge in [0.15, 0.2) is 6.61 Å². The number of hydrogen-bond acceptors (Lipinski definition) is 3. The van der Waals surface area contributed by atoms with E-state index in [1.54, 1.807) is 0 Å². The minimum absolute atomic E-state index is 0.166. The zero-order valence-electron chi connectivity index (χ0n) is 13.5. The molecule has 1 amide bonds. The van der Waals surface area contributed by atoms with E-state index in [-0.39, 0.29) is 18.9 Å². The summed E-state index contributed by atoms with van der Waals surface area (Å²) in [6.45, 7) is 3.76. The van der Waals surface area contributed by atoms with E-state index in [0.29, 0.717) is 5.69 Å². The molecule has 0 aliphatic heterocycles. The zero-order valence-corrected chi connectivity index (χ0v) is 13.5. The summed E-state index contributed by atoms with van der Waals surface area (Å²) in [5.74, 6) is -0.748. The van der Waals surface area contributed by atoms with Gasteiger partial charge in [-0.05, 0) is 36.6 Å². The summed E-state index contributed by atoms with van der Waals surface area (Å²) in [6, 6.07) is 15.2. The number of ether oxygens (including phenoxy) is 1. The molecule has 0 radical (unpaired) electrons. The number of anilines is 1. The number of carbonyl (C=O) groups is 2. The van der Waals surface area contributed by atoms with Crippen molar-refractivity contribution in [1.29, 1.82) is 0 Å². The maximum atomic E-state index is 11.8. The molecule has 1 N–H and O–H groups in total. The van der Waals surface area contributed by atoms with Gasteiger partial charge < -0.3 is 10.1 Å². The number of hydrogen-bond donors (Lipinski definition) is 1. The average molecular weight is 311 g/mol. The maximum Gasteiger partial charge on any atom is 0.310 e. The third-order valence-electron chi connectivity index (χ3n) is 3.45. The monoisotopic (exact) mass is 311 g/mol. The second-order valence-electron chi connectivity index (χ2n) is 5.43. The summed E-state index contributed by atoms with van der Waals surface area (Å²) >= 11 is 0. The largest absolute Gasteiger partial charge is 0.455 e. The van der Waals surface area contributed by atoms with Crippen LogP contribution in [0.5, 0.6) is 0 Å². The molecule has 4 heteroatoms. The SMILES string of the molecule is CCc1cccc(NC(=O)COC(=O)Cc2ccc(C)cc2)c1. The third-order valence-corrected chi connectivity index (χ3v) is 3.45. The van der Waals surface area contributed by atoms with Gasteiger partial charge in [-0.25, -0.2) is 0 Å². The van der Waals surface area contributed by atoms with Crippen LogP contribution < -0.4 is 5.32 Å². The molecule has 0 atom stereocenters. The van der Waals surface area contributed by atoms with Crippen molar-refractivity contribution in [3.05, 3.63) is 65.2 Å². The number of aryl methyl sites for hydroxylation is 2. The first-order valence-electron chi connectivity index (χ1n) is 7.67. The first-order valence-corrected chi connectivity index (χ1v) is 7.67. The maximum absolute atomic E-state index is 11.8. The van der Waals surface area contributed by atoms with Crippen LogP contribution in [0, 0.1) is 6.92 Å². The number of esters is 1. The Morgan fingerprint density at radius 2 is 1.78 bits per heavy atom. The first kappa shape index (κ1) is 16.7. The van der Waals surface area contributed by atoms with Crippen molar-refractivity contribution in [2.75, 3.05) is 11.9 Å². The second-order valence-corrected chi connectivity index (χ2v) is 5.43. The summed E-state index contributed by atoms with van der Waals surface area (Å²) < 4.78 is 5.02. The summed E-state index contributed by atoms with van der Waals surface area (Å²) in [5.41, 5.74) is 3.86. The molecule has 0 spiro atoms. The smallest absolute Gasteiger partial charge is 0.310 e. The van der Waals surface area contributed by atoms with Crippen LogP contribution in [0.1, 0.15) is 23.6 Å². The van der Waals surface area contributed by atoms with E-state index in [2.05, 4.69) is 5.32 Å². The average Bonchev–Trinajstić information content (AvgIpc) is 2.55. The lowest BCUT2D eigenvalue weighted by molar-refractivity contribution is -0.146. The van der Waals surface area contributed by atoms with Gasteiger partial charge in [0.05, 0.1) is 6.42 Å². The van der Waals surface area contributed by atoms with Crippen LogP contribution in [0.4, 0.5) is 5.69 Å². The van der Waals surface area contributed by atoms with E-state index >= 15 is 0 Å². The fourth-order valence-electron chi connectivity index (χ4n) is 2.14. The Labute approximate surface area is 136 Å². The molecule has 0 bridgehead atoms. The van der Waals surface area contributed by atoms with Crippen molar-refractivity contribution >= 4 is 17.6 Å². The van der Waals surface area contributed by atoms with Gasteiger partial charge in [0, 0.05) is 5.69 Å².